The Kier molecular flexibility index (Phi) is 4.01. The van der Waals surface area contributed by atoms with Crippen molar-refractivity contribution in [2.45, 2.75) is 6.92 Å². The van der Waals surface area contributed by atoms with Crippen LogP contribution in [0.1, 0.15) is 12.5 Å². The van der Waals surface area contributed by atoms with Crippen LogP contribution in [0, 0.1) is 0 Å². The van der Waals surface area contributed by atoms with Gasteiger partial charge in [-0.2, -0.15) is 4.98 Å². The minimum Gasteiger partial charge on any atom is -0.437 e. The lowest BCUT2D eigenvalue weighted by atomic mass is 10.0. The Balaban J connectivity index is 2.23. The summed E-state index contributed by atoms with van der Waals surface area (Å²) >= 11 is 12.0. The van der Waals surface area contributed by atoms with Crippen LogP contribution in [0.3, 0.4) is 0 Å². The van der Waals surface area contributed by atoms with Crippen LogP contribution >= 0.6 is 23.2 Å². The zero-order valence-corrected chi connectivity index (χ0v) is 13.3. The molecule has 3 rings (SSSR count). The summed E-state index contributed by atoms with van der Waals surface area (Å²) in [6.07, 6.45) is 7.63. The first-order chi connectivity index (χ1) is 10.6. The summed E-state index contributed by atoms with van der Waals surface area (Å²) in [6, 6.07) is 5.90. The number of benzene rings is 1. The third kappa shape index (κ3) is 2.54. The maximum absolute atomic E-state index is 6.15. The first-order valence-corrected chi connectivity index (χ1v) is 7.40. The van der Waals surface area contributed by atoms with Gasteiger partial charge in [-0.05, 0) is 41.8 Å². The number of aromatic nitrogens is 2. The molecule has 0 unspecified atom stereocenters. The van der Waals surface area contributed by atoms with Gasteiger partial charge in [-0.3, -0.25) is 0 Å². The number of fused-ring (bicyclic) bond motifs is 3. The van der Waals surface area contributed by atoms with E-state index in [9.17, 15) is 0 Å². The van der Waals surface area contributed by atoms with Crippen LogP contribution in [0.15, 0.2) is 53.5 Å². The molecule has 1 aromatic carbocycles. The van der Waals surface area contributed by atoms with E-state index in [2.05, 4.69) is 16.5 Å². The quantitative estimate of drug-likeness (QED) is 0.344. The fraction of sp³-hybridized carbons (Fsp3) is 0.0588. The van der Waals surface area contributed by atoms with Gasteiger partial charge in [0.2, 0.25) is 11.0 Å². The van der Waals surface area contributed by atoms with Crippen LogP contribution in [-0.2, 0) is 0 Å². The second kappa shape index (κ2) is 5.95. The van der Waals surface area contributed by atoms with E-state index in [1.807, 2.05) is 43.4 Å². The van der Waals surface area contributed by atoms with Crippen molar-refractivity contribution in [2.24, 2.45) is 0 Å². The molecule has 0 bridgehead atoms. The van der Waals surface area contributed by atoms with Gasteiger partial charge in [-0.25, -0.2) is 4.98 Å². The Morgan fingerprint density at radius 2 is 2.09 bits per heavy atom. The number of hydrogen-bond acceptors (Lipinski definition) is 3. The number of halogens is 2. The number of hydrogen-bond donors (Lipinski definition) is 0. The molecule has 0 fully saturated rings. The van der Waals surface area contributed by atoms with E-state index >= 15 is 0 Å². The molecule has 0 aliphatic carbocycles. The highest BCUT2D eigenvalue weighted by Crippen LogP contribution is 2.34. The Bertz CT molecular complexity index is 939. The fourth-order valence-corrected chi connectivity index (χ4v) is 2.79. The van der Waals surface area contributed by atoms with Crippen molar-refractivity contribution in [3.63, 3.8) is 0 Å². The summed E-state index contributed by atoms with van der Waals surface area (Å²) < 4.78 is 5.76. The number of furan rings is 1. The molecule has 22 heavy (non-hydrogen) atoms. The smallest absolute Gasteiger partial charge is 0.233 e. The van der Waals surface area contributed by atoms with Crippen LogP contribution in [0.5, 0.6) is 0 Å². The van der Waals surface area contributed by atoms with E-state index in [4.69, 9.17) is 27.6 Å². The van der Waals surface area contributed by atoms with Crippen LogP contribution in [0.2, 0.25) is 10.4 Å². The summed E-state index contributed by atoms with van der Waals surface area (Å²) in [5.41, 5.74) is 3.18. The monoisotopic (exact) mass is 330 g/mol. The second-order valence-corrected chi connectivity index (χ2v) is 5.31. The molecule has 0 saturated carbocycles. The first kappa shape index (κ1) is 14.8. The zero-order valence-electron chi connectivity index (χ0n) is 11.8. The van der Waals surface area contributed by atoms with Gasteiger partial charge < -0.3 is 4.42 Å². The van der Waals surface area contributed by atoms with Crippen LogP contribution < -0.4 is 0 Å². The molecule has 0 spiro atoms. The highest BCUT2D eigenvalue weighted by atomic mass is 35.5. The van der Waals surface area contributed by atoms with Crippen LogP contribution in [-0.4, -0.2) is 9.97 Å². The van der Waals surface area contributed by atoms with Crippen molar-refractivity contribution in [3.05, 3.63) is 65.1 Å². The summed E-state index contributed by atoms with van der Waals surface area (Å²) in [5.74, 6) is 0. The molecule has 0 aliphatic rings. The Labute approximate surface area is 137 Å². The lowest BCUT2D eigenvalue weighted by molar-refractivity contribution is 0.653. The summed E-state index contributed by atoms with van der Waals surface area (Å²) in [7, 11) is 0. The Hall–Kier alpha value is -2.10. The predicted molar refractivity (Wildman–Crippen MR) is 92.3 cm³/mol. The van der Waals surface area contributed by atoms with Crippen molar-refractivity contribution in [1.29, 1.82) is 0 Å². The molecule has 2 heterocycles. The van der Waals surface area contributed by atoms with Crippen molar-refractivity contribution < 1.29 is 4.42 Å². The van der Waals surface area contributed by atoms with Crippen LogP contribution in [0.4, 0.5) is 0 Å². The normalized spacial score (nSPS) is 12.6. The van der Waals surface area contributed by atoms with E-state index in [-0.39, 0.29) is 5.28 Å². The maximum atomic E-state index is 6.15. The number of allylic oxidation sites excluding steroid dienone is 5. The van der Waals surface area contributed by atoms with E-state index in [0.29, 0.717) is 21.8 Å². The standard InChI is InChI=1S/C17H12Cl2N2O/c1-3-5-6-10(4-2)11-7-8-12-13(9-11)22-16-14(12)15(18)20-17(19)21-16/h3-9H,1H2,2H3/b6-5-,10-4+. The first-order valence-electron chi connectivity index (χ1n) is 6.65. The molecule has 0 saturated heterocycles. The van der Waals surface area contributed by atoms with Gasteiger partial charge in [0.15, 0.2) is 0 Å². The number of nitrogens with zero attached hydrogens (tertiary/aromatic N) is 2. The van der Waals surface area contributed by atoms with Gasteiger partial charge in [-0.15, -0.1) is 0 Å². The van der Waals surface area contributed by atoms with Gasteiger partial charge >= 0.3 is 0 Å². The molecule has 110 valence electrons. The third-order valence-corrected chi connectivity index (χ3v) is 3.76. The zero-order chi connectivity index (χ0) is 15.7. The highest BCUT2D eigenvalue weighted by molar-refractivity contribution is 6.37. The van der Waals surface area contributed by atoms with Gasteiger partial charge in [-0.1, -0.05) is 48.6 Å². The Morgan fingerprint density at radius 1 is 1.27 bits per heavy atom. The van der Waals surface area contributed by atoms with Gasteiger partial charge in [0.25, 0.3) is 0 Å². The van der Waals surface area contributed by atoms with Gasteiger partial charge in [0.05, 0.1) is 5.39 Å². The molecule has 0 N–H and O–H groups in total. The molecule has 0 aliphatic heterocycles. The van der Waals surface area contributed by atoms with E-state index in [1.54, 1.807) is 6.08 Å². The van der Waals surface area contributed by atoms with Crippen molar-refractivity contribution in [2.75, 3.05) is 0 Å². The summed E-state index contributed by atoms with van der Waals surface area (Å²) in [5, 5.41) is 1.90. The van der Waals surface area contributed by atoms with Gasteiger partial charge in [0.1, 0.15) is 10.7 Å². The Morgan fingerprint density at radius 3 is 2.82 bits per heavy atom. The third-order valence-electron chi connectivity index (χ3n) is 3.32. The van der Waals surface area contributed by atoms with Crippen molar-refractivity contribution in [1.82, 2.24) is 9.97 Å². The average Bonchev–Trinajstić information content (AvgIpc) is 2.85. The molecule has 0 atom stereocenters. The second-order valence-electron chi connectivity index (χ2n) is 4.62. The fourth-order valence-electron chi connectivity index (χ4n) is 2.32. The molecular weight excluding hydrogens is 319 g/mol. The lowest BCUT2D eigenvalue weighted by Crippen LogP contribution is -1.83. The molecule has 2 aromatic heterocycles. The summed E-state index contributed by atoms with van der Waals surface area (Å²) in [4.78, 5) is 8.04. The largest absolute Gasteiger partial charge is 0.437 e. The van der Waals surface area contributed by atoms with Crippen molar-refractivity contribution in [3.8, 4) is 0 Å². The molecular formula is C17H12Cl2N2O. The molecule has 5 heteroatoms. The maximum Gasteiger partial charge on any atom is 0.233 e. The molecule has 0 radical (unpaired) electrons. The number of rotatable bonds is 3. The van der Waals surface area contributed by atoms with Gasteiger partial charge in [0, 0.05) is 5.39 Å². The SMILES string of the molecule is C=C/C=C\C(=C/C)c1ccc2c(c1)oc1nc(Cl)nc(Cl)c12. The highest BCUT2D eigenvalue weighted by Gasteiger charge is 2.14. The van der Waals surface area contributed by atoms with Crippen LogP contribution in [0.25, 0.3) is 27.6 Å². The minimum absolute atomic E-state index is 0.0693. The molecule has 3 aromatic rings. The van der Waals surface area contributed by atoms with E-state index in [1.165, 1.54) is 0 Å². The minimum atomic E-state index is 0.0693. The summed E-state index contributed by atoms with van der Waals surface area (Å²) in [6.45, 7) is 5.66. The van der Waals surface area contributed by atoms with E-state index in [0.717, 1.165) is 16.5 Å². The topological polar surface area (TPSA) is 38.9 Å². The lowest BCUT2D eigenvalue weighted by Gasteiger charge is -2.01. The molecule has 3 nitrogen and oxygen atoms in total. The molecule has 0 amide bonds. The van der Waals surface area contributed by atoms with Crippen molar-refractivity contribution >= 4 is 50.8 Å². The predicted octanol–water partition coefficient (Wildman–Crippen LogP) is 5.83. The van der Waals surface area contributed by atoms with E-state index < -0.39 is 0 Å². The average molecular weight is 331 g/mol.